The first-order chi connectivity index (χ1) is 13.0. The van der Waals surface area contributed by atoms with Crippen molar-refractivity contribution in [2.45, 2.75) is 12.0 Å². The molecule has 7 heteroatoms. The molecule has 0 bridgehead atoms. The first-order valence-electron chi connectivity index (χ1n) is 8.96. The molecule has 1 aromatic heterocycles. The molecule has 140 valence electrons. The second-order valence-corrected chi connectivity index (χ2v) is 7.23. The Morgan fingerprint density at radius 3 is 2.78 bits per heavy atom. The molecule has 2 saturated heterocycles. The molecule has 2 aliphatic heterocycles. The van der Waals surface area contributed by atoms with E-state index in [1.165, 1.54) is 12.1 Å². The quantitative estimate of drug-likeness (QED) is 0.811. The second-order valence-electron chi connectivity index (χ2n) is 7.23. The van der Waals surface area contributed by atoms with Gasteiger partial charge in [0.25, 0.3) is 5.91 Å². The highest BCUT2D eigenvalue weighted by Crippen LogP contribution is 2.34. The average molecular weight is 368 g/mol. The standard InChI is InChI=1S/C20H21FN4O2/c1-23-12-18(26)25(16-6-4-5-15(21)11-16)14-20(23)8-10-24(13-20)19(27)17-7-2-3-9-22-17/h2-7,9,11H,8,10,12-14H2,1H3/t20-/m0/s1. The highest BCUT2D eigenvalue weighted by molar-refractivity contribution is 5.96. The summed E-state index contributed by atoms with van der Waals surface area (Å²) < 4.78 is 13.6. The van der Waals surface area contributed by atoms with Gasteiger partial charge in [-0.1, -0.05) is 12.1 Å². The number of pyridine rings is 1. The van der Waals surface area contributed by atoms with Gasteiger partial charge in [0, 0.05) is 31.5 Å². The van der Waals surface area contributed by atoms with Crippen LogP contribution in [0.1, 0.15) is 16.9 Å². The lowest BCUT2D eigenvalue weighted by molar-refractivity contribution is -0.123. The number of benzene rings is 1. The maximum absolute atomic E-state index is 13.6. The fourth-order valence-corrected chi connectivity index (χ4v) is 3.96. The molecule has 0 N–H and O–H groups in total. The first-order valence-corrected chi connectivity index (χ1v) is 8.96. The summed E-state index contributed by atoms with van der Waals surface area (Å²) in [5.41, 5.74) is 0.637. The van der Waals surface area contributed by atoms with Crippen LogP contribution < -0.4 is 4.90 Å². The normalized spacial score (nSPS) is 23.3. The van der Waals surface area contributed by atoms with E-state index in [0.717, 1.165) is 6.42 Å². The summed E-state index contributed by atoms with van der Waals surface area (Å²) in [6.07, 6.45) is 2.36. The fraction of sp³-hybridized carbons (Fsp3) is 0.350. The Morgan fingerprint density at radius 2 is 2.04 bits per heavy atom. The van der Waals surface area contributed by atoms with Crippen LogP contribution in [-0.2, 0) is 4.79 Å². The van der Waals surface area contributed by atoms with Gasteiger partial charge in [-0.15, -0.1) is 0 Å². The Morgan fingerprint density at radius 1 is 1.19 bits per heavy atom. The number of nitrogens with zero attached hydrogens (tertiary/aromatic N) is 4. The number of carbonyl (C=O) groups is 2. The summed E-state index contributed by atoms with van der Waals surface area (Å²) in [6.45, 7) is 1.78. The van der Waals surface area contributed by atoms with E-state index in [-0.39, 0.29) is 29.7 Å². The van der Waals surface area contributed by atoms with Crippen LogP contribution in [0.3, 0.4) is 0 Å². The topological polar surface area (TPSA) is 56.8 Å². The van der Waals surface area contributed by atoms with Crippen molar-refractivity contribution in [2.75, 3.05) is 38.1 Å². The number of aromatic nitrogens is 1. The van der Waals surface area contributed by atoms with Gasteiger partial charge in [-0.3, -0.25) is 19.5 Å². The van der Waals surface area contributed by atoms with Crippen LogP contribution in [0.2, 0.25) is 0 Å². The van der Waals surface area contributed by atoms with Crippen molar-refractivity contribution in [1.82, 2.24) is 14.8 Å². The summed E-state index contributed by atoms with van der Waals surface area (Å²) in [5.74, 6) is -0.537. The van der Waals surface area contributed by atoms with Crippen molar-refractivity contribution >= 4 is 17.5 Å². The highest BCUT2D eigenvalue weighted by atomic mass is 19.1. The third-order valence-corrected chi connectivity index (χ3v) is 5.56. The molecule has 0 aliphatic carbocycles. The molecule has 2 aliphatic rings. The van der Waals surface area contributed by atoms with E-state index in [0.29, 0.717) is 31.0 Å². The van der Waals surface area contributed by atoms with Crippen molar-refractivity contribution < 1.29 is 14.0 Å². The summed E-state index contributed by atoms with van der Waals surface area (Å²) in [5, 5.41) is 0. The molecule has 0 radical (unpaired) electrons. The van der Waals surface area contributed by atoms with Crippen molar-refractivity contribution in [3.05, 3.63) is 60.2 Å². The van der Waals surface area contributed by atoms with Crippen LogP contribution in [0.4, 0.5) is 10.1 Å². The second kappa shape index (κ2) is 6.74. The molecule has 1 aromatic carbocycles. The van der Waals surface area contributed by atoms with Gasteiger partial charge in [-0.2, -0.15) is 0 Å². The smallest absolute Gasteiger partial charge is 0.272 e. The number of piperazine rings is 1. The molecule has 6 nitrogen and oxygen atoms in total. The molecule has 4 rings (SSSR count). The predicted molar refractivity (Wildman–Crippen MR) is 98.9 cm³/mol. The number of likely N-dealkylation sites (N-methyl/N-ethyl adjacent to an activating group) is 1. The minimum atomic E-state index is -0.369. The SMILES string of the molecule is CN1CC(=O)N(c2cccc(F)c2)C[C@@]12CCN(C(=O)c1ccccn1)C2. The number of anilines is 1. The molecule has 2 fully saturated rings. The van der Waals surface area contributed by atoms with E-state index in [9.17, 15) is 14.0 Å². The summed E-state index contributed by atoms with van der Waals surface area (Å²) in [7, 11) is 1.91. The van der Waals surface area contributed by atoms with Crippen LogP contribution in [-0.4, -0.2) is 65.4 Å². The van der Waals surface area contributed by atoms with Gasteiger partial charge in [0.05, 0.1) is 12.1 Å². The molecule has 27 heavy (non-hydrogen) atoms. The minimum absolute atomic E-state index is 0.0665. The Hall–Kier alpha value is -2.80. The van der Waals surface area contributed by atoms with E-state index in [2.05, 4.69) is 4.98 Å². The molecule has 3 heterocycles. The van der Waals surface area contributed by atoms with Gasteiger partial charge in [0.1, 0.15) is 11.5 Å². The van der Waals surface area contributed by atoms with Crippen LogP contribution in [0.15, 0.2) is 48.7 Å². The van der Waals surface area contributed by atoms with Gasteiger partial charge in [-0.05, 0) is 43.8 Å². The fourth-order valence-electron chi connectivity index (χ4n) is 3.96. The van der Waals surface area contributed by atoms with Crippen molar-refractivity contribution in [1.29, 1.82) is 0 Å². The molecule has 0 unspecified atom stereocenters. The van der Waals surface area contributed by atoms with Gasteiger partial charge >= 0.3 is 0 Å². The van der Waals surface area contributed by atoms with Gasteiger partial charge < -0.3 is 9.80 Å². The maximum atomic E-state index is 13.6. The number of carbonyl (C=O) groups excluding carboxylic acids is 2. The molecular weight excluding hydrogens is 347 g/mol. The van der Waals surface area contributed by atoms with Crippen molar-refractivity contribution in [3.8, 4) is 0 Å². The number of amides is 2. The monoisotopic (exact) mass is 368 g/mol. The van der Waals surface area contributed by atoms with Crippen LogP contribution >= 0.6 is 0 Å². The maximum Gasteiger partial charge on any atom is 0.272 e. The number of halogens is 1. The van der Waals surface area contributed by atoms with E-state index in [1.54, 1.807) is 46.3 Å². The van der Waals surface area contributed by atoms with Crippen molar-refractivity contribution in [2.24, 2.45) is 0 Å². The lowest BCUT2D eigenvalue weighted by atomic mass is 9.92. The zero-order valence-electron chi connectivity index (χ0n) is 15.1. The largest absolute Gasteiger partial charge is 0.335 e. The first kappa shape index (κ1) is 17.6. The molecular formula is C20H21FN4O2. The van der Waals surface area contributed by atoms with Gasteiger partial charge in [0.2, 0.25) is 5.91 Å². The lowest BCUT2D eigenvalue weighted by Crippen LogP contribution is -2.64. The number of hydrogen-bond donors (Lipinski definition) is 0. The van der Waals surface area contributed by atoms with Crippen LogP contribution in [0.5, 0.6) is 0 Å². The molecule has 0 saturated carbocycles. The van der Waals surface area contributed by atoms with Crippen LogP contribution in [0.25, 0.3) is 0 Å². The van der Waals surface area contributed by atoms with Crippen LogP contribution in [0, 0.1) is 5.82 Å². The van der Waals surface area contributed by atoms with Crippen molar-refractivity contribution in [3.63, 3.8) is 0 Å². The Bertz CT molecular complexity index is 875. The molecule has 1 spiro atoms. The predicted octanol–water partition coefficient (Wildman–Crippen LogP) is 1.78. The lowest BCUT2D eigenvalue weighted by Gasteiger charge is -2.46. The third-order valence-electron chi connectivity index (χ3n) is 5.56. The zero-order chi connectivity index (χ0) is 19.0. The number of hydrogen-bond acceptors (Lipinski definition) is 4. The summed E-state index contributed by atoms with van der Waals surface area (Å²) in [6, 6.07) is 11.4. The molecule has 1 atom stereocenters. The van der Waals surface area contributed by atoms with E-state index >= 15 is 0 Å². The Kier molecular flexibility index (Phi) is 4.39. The van der Waals surface area contributed by atoms with E-state index < -0.39 is 0 Å². The summed E-state index contributed by atoms with van der Waals surface area (Å²) in [4.78, 5) is 34.9. The zero-order valence-corrected chi connectivity index (χ0v) is 15.1. The average Bonchev–Trinajstić information content (AvgIpc) is 3.10. The third kappa shape index (κ3) is 3.19. The number of rotatable bonds is 2. The minimum Gasteiger partial charge on any atom is -0.335 e. The number of likely N-dealkylation sites (tertiary alicyclic amines) is 1. The summed E-state index contributed by atoms with van der Waals surface area (Å²) >= 11 is 0. The Balaban J connectivity index is 1.57. The van der Waals surface area contributed by atoms with Gasteiger partial charge in [-0.25, -0.2) is 4.39 Å². The van der Waals surface area contributed by atoms with E-state index in [4.69, 9.17) is 0 Å². The van der Waals surface area contributed by atoms with Gasteiger partial charge in [0.15, 0.2) is 0 Å². The molecule has 2 amide bonds. The van der Waals surface area contributed by atoms with E-state index in [1.807, 2.05) is 11.9 Å². The Labute approximate surface area is 157 Å². The molecule has 2 aromatic rings. The highest BCUT2D eigenvalue weighted by Gasteiger charge is 2.48.